The summed E-state index contributed by atoms with van der Waals surface area (Å²) in [5, 5.41) is 0. The number of hydrogen-bond donors (Lipinski definition) is 0. The molecule has 0 amide bonds. The Bertz CT molecular complexity index is 847. The first kappa shape index (κ1) is 21.8. The third-order valence-electron chi connectivity index (χ3n) is 3.52. The summed E-state index contributed by atoms with van der Waals surface area (Å²) in [6.07, 6.45) is 4.32. The van der Waals surface area contributed by atoms with Crippen LogP contribution in [0.2, 0.25) is 19.6 Å². The highest BCUT2D eigenvalue weighted by Crippen LogP contribution is 2.13. The Morgan fingerprint density at radius 1 is 1.18 bits per heavy atom. The second-order valence-electron chi connectivity index (χ2n) is 8.73. The number of aromatic nitrogens is 2. The van der Waals surface area contributed by atoms with E-state index in [2.05, 4.69) is 36.1 Å². The van der Waals surface area contributed by atoms with Crippen LogP contribution >= 0.6 is 0 Å². The molecule has 0 saturated carbocycles. The van der Waals surface area contributed by atoms with Gasteiger partial charge in [0, 0.05) is 11.8 Å². The second kappa shape index (κ2) is 9.11. The number of hydrogen-bond acceptors (Lipinski definition) is 4. The Kier molecular flexibility index (Phi) is 7.09. The molecule has 0 N–H and O–H groups in total. The average Bonchev–Trinajstić information content (AvgIpc) is 3.05. The molecule has 150 valence electrons. The first-order chi connectivity index (χ1) is 13.0. The number of carbonyl (C=O) groups excluding carboxylic acids is 1. The topological polar surface area (TPSA) is 53.4 Å². The Labute approximate surface area is 169 Å². The molecule has 0 aliphatic rings. The van der Waals surface area contributed by atoms with Crippen LogP contribution in [0.4, 0.5) is 4.79 Å². The molecule has 28 heavy (non-hydrogen) atoms. The van der Waals surface area contributed by atoms with Gasteiger partial charge in [0.2, 0.25) is 0 Å². The van der Waals surface area contributed by atoms with Gasteiger partial charge in [0.1, 0.15) is 25.8 Å². The standard InChI is InChI=1S/C22H30N2O3Si/c1-22(2,3)27-21(25)24-16-19(23-17-24)8-7-14-26-20-11-9-18(10-12-20)13-15-28(4,5)6/h9-12,16-17H,7-8,14H2,1-6H3. The van der Waals surface area contributed by atoms with Gasteiger partial charge < -0.3 is 9.47 Å². The predicted molar refractivity (Wildman–Crippen MR) is 114 cm³/mol. The zero-order valence-electron chi connectivity index (χ0n) is 17.7. The third kappa shape index (κ3) is 8.01. The Hall–Kier alpha value is -2.52. The van der Waals surface area contributed by atoms with Gasteiger partial charge in [-0.1, -0.05) is 25.6 Å². The summed E-state index contributed by atoms with van der Waals surface area (Å²) in [7, 11) is -1.36. The van der Waals surface area contributed by atoms with Crippen LogP contribution in [-0.2, 0) is 11.2 Å². The van der Waals surface area contributed by atoms with Crippen molar-refractivity contribution in [1.82, 2.24) is 9.55 Å². The van der Waals surface area contributed by atoms with Gasteiger partial charge in [-0.2, -0.15) is 0 Å². The van der Waals surface area contributed by atoms with Gasteiger partial charge in [-0.25, -0.2) is 14.3 Å². The van der Waals surface area contributed by atoms with Crippen LogP contribution in [0.3, 0.4) is 0 Å². The second-order valence-corrected chi connectivity index (χ2v) is 13.5. The average molecular weight is 399 g/mol. The highest BCUT2D eigenvalue weighted by molar-refractivity contribution is 6.83. The molecule has 1 heterocycles. The van der Waals surface area contributed by atoms with Gasteiger partial charge in [-0.3, -0.25) is 0 Å². The monoisotopic (exact) mass is 398 g/mol. The normalized spacial score (nSPS) is 11.5. The summed E-state index contributed by atoms with van der Waals surface area (Å²) in [5.74, 6) is 4.07. The number of rotatable bonds is 5. The molecule has 0 unspecified atom stereocenters. The summed E-state index contributed by atoms with van der Waals surface area (Å²) in [4.78, 5) is 16.2. The van der Waals surface area contributed by atoms with Crippen molar-refractivity contribution in [2.24, 2.45) is 0 Å². The quantitative estimate of drug-likeness (QED) is 0.408. The molecule has 0 spiro atoms. The van der Waals surface area contributed by atoms with Crippen molar-refractivity contribution in [3.05, 3.63) is 48.0 Å². The SMILES string of the molecule is CC(C)(C)OC(=O)n1cnc(CCCOc2ccc(C#C[Si](C)(C)C)cc2)c1. The van der Waals surface area contributed by atoms with Crippen LogP contribution in [0.25, 0.3) is 0 Å². The minimum absolute atomic E-state index is 0.417. The molecule has 0 atom stereocenters. The lowest BCUT2D eigenvalue weighted by Gasteiger charge is -2.19. The molecule has 2 rings (SSSR count). The molecular weight excluding hydrogens is 368 g/mol. The third-order valence-corrected chi connectivity index (χ3v) is 4.40. The first-order valence-electron chi connectivity index (χ1n) is 9.54. The summed E-state index contributed by atoms with van der Waals surface area (Å²) in [5.41, 5.74) is 4.69. The van der Waals surface area contributed by atoms with Crippen molar-refractivity contribution < 1.29 is 14.3 Å². The first-order valence-corrected chi connectivity index (χ1v) is 13.0. The molecule has 0 aliphatic heterocycles. The smallest absolute Gasteiger partial charge is 0.419 e. The summed E-state index contributed by atoms with van der Waals surface area (Å²) in [6.45, 7) is 12.8. The number of ether oxygens (including phenoxy) is 2. The molecule has 0 bridgehead atoms. The fourth-order valence-electron chi connectivity index (χ4n) is 2.24. The van der Waals surface area contributed by atoms with Gasteiger partial charge in [0.05, 0.1) is 12.3 Å². The fraction of sp³-hybridized carbons (Fsp3) is 0.455. The molecule has 1 aromatic carbocycles. The maximum absolute atomic E-state index is 12.0. The van der Waals surface area contributed by atoms with Gasteiger partial charge in [-0.05, 0) is 57.9 Å². The largest absolute Gasteiger partial charge is 0.494 e. The maximum atomic E-state index is 12.0. The van der Waals surface area contributed by atoms with E-state index in [0.29, 0.717) is 6.61 Å². The lowest BCUT2D eigenvalue weighted by atomic mass is 10.2. The molecule has 5 nitrogen and oxygen atoms in total. The molecule has 6 heteroatoms. The zero-order chi connectivity index (χ0) is 20.8. The van der Waals surface area contributed by atoms with Crippen LogP contribution in [0.5, 0.6) is 5.75 Å². The Morgan fingerprint density at radius 3 is 2.46 bits per heavy atom. The van der Waals surface area contributed by atoms with Crippen molar-refractivity contribution in [3.63, 3.8) is 0 Å². The number of aryl methyl sites for hydroxylation is 1. The van der Waals surface area contributed by atoms with Gasteiger partial charge in [0.25, 0.3) is 0 Å². The Morgan fingerprint density at radius 2 is 1.86 bits per heavy atom. The van der Waals surface area contributed by atoms with E-state index in [0.717, 1.165) is 29.8 Å². The molecule has 0 aliphatic carbocycles. The summed E-state index contributed by atoms with van der Waals surface area (Å²) in [6, 6.07) is 7.88. The van der Waals surface area contributed by atoms with Crippen molar-refractivity contribution >= 4 is 14.2 Å². The fourth-order valence-corrected chi connectivity index (χ4v) is 2.76. The number of imidazole rings is 1. The minimum atomic E-state index is -1.36. The van der Waals surface area contributed by atoms with Gasteiger partial charge in [-0.15, -0.1) is 5.54 Å². The van der Waals surface area contributed by atoms with E-state index in [1.807, 2.05) is 45.0 Å². The molecule has 0 radical (unpaired) electrons. The number of benzene rings is 1. The number of nitrogens with zero attached hydrogens (tertiary/aromatic N) is 2. The number of carbonyl (C=O) groups is 1. The van der Waals surface area contributed by atoms with Crippen LogP contribution in [0.15, 0.2) is 36.8 Å². The zero-order valence-corrected chi connectivity index (χ0v) is 18.7. The lowest BCUT2D eigenvalue weighted by Crippen LogP contribution is -2.26. The molecule has 1 aromatic heterocycles. The van der Waals surface area contributed by atoms with Crippen LogP contribution in [-0.4, -0.2) is 35.9 Å². The van der Waals surface area contributed by atoms with E-state index in [1.54, 1.807) is 6.20 Å². The van der Waals surface area contributed by atoms with Crippen molar-refractivity contribution in [3.8, 4) is 17.2 Å². The van der Waals surface area contributed by atoms with Crippen molar-refractivity contribution in [1.29, 1.82) is 0 Å². The maximum Gasteiger partial charge on any atom is 0.419 e. The molecule has 0 fully saturated rings. The predicted octanol–water partition coefficient (Wildman–Crippen LogP) is 4.91. The molecular formula is C22H30N2O3Si. The van der Waals surface area contributed by atoms with Gasteiger partial charge >= 0.3 is 6.09 Å². The van der Waals surface area contributed by atoms with Gasteiger partial charge in [0.15, 0.2) is 0 Å². The summed E-state index contributed by atoms with van der Waals surface area (Å²) >= 11 is 0. The van der Waals surface area contributed by atoms with Crippen molar-refractivity contribution in [2.75, 3.05) is 6.61 Å². The highest BCUT2D eigenvalue weighted by atomic mass is 28.3. The van der Waals surface area contributed by atoms with E-state index in [-0.39, 0.29) is 0 Å². The van der Waals surface area contributed by atoms with E-state index in [9.17, 15) is 4.79 Å². The van der Waals surface area contributed by atoms with Crippen LogP contribution in [0.1, 0.15) is 38.4 Å². The minimum Gasteiger partial charge on any atom is -0.494 e. The van der Waals surface area contributed by atoms with Crippen LogP contribution in [0, 0.1) is 11.5 Å². The highest BCUT2D eigenvalue weighted by Gasteiger charge is 2.17. The molecule has 2 aromatic rings. The van der Waals surface area contributed by atoms with E-state index >= 15 is 0 Å². The van der Waals surface area contributed by atoms with Crippen molar-refractivity contribution in [2.45, 2.75) is 58.9 Å². The molecule has 0 saturated heterocycles. The Balaban J connectivity index is 1.77. The summed E-state index contributed by atoms with van der Waals surface area (Å²) < 4.78 is 12.5. The van der Waals surface area contributed by atoms with E-state index < -0.39 is 19.8 Å². The van der Waals surface area contributed by atoms with E-state index in [4.69, 9.17) is 9.47 Å². The van der Waals surface area contributed by atoms with E-state index in [1.165, 1.54) is 10.9 Å². The van der Waals surface area contributed by atoms with Crippen LogP contribution < -0.4 is 4.74 Å². The lowest BCUT2D eigenvalue weighted by molar-refractivity contribution is 0.0536.